The third kappa shape index (κ3) is 12500. The molecule has 0 heterocycles. The van der Waals surface area contributed by atoms with Crippen molar-refractivity contribution in [2.45, 2.75) is 0 Å². The van der Waals surface area contributed by atoms with Gasteiger partial charge in [-0.25, -0.2) is 0 Å². The molecular formula is C6H15In. The summed E-state index contributed by atoms with van der Waals surface area (Å²) in [7, 11) is 0. The van der Waals surface area contributed by atoms with E-state index in [1.807, 2.05) is 0 Å². The van der Waals surface area contributed by atoms with Gasteiger partial charge in [0.2, 0.25) is 0 Å². The topological polar surface area (TPSA) is 0 Å². The summed E-state index contributed by atoms with van der Waals surface area (Å²) in [5, 5.41) is 0. The van der Waals surface area contributed by atoms with Gasteiger partial charge in [0.15, 0.2) is 0 Å². The number of hydrogen-bond acceptors (Lipinski definition) is 0. The number of hydrogen-bond donors (Lipinski definition) is 0. The molecule has 0 saturated heterocycles. The Morgan fingerprint density at radius 1 is 0.429 bits per heavy atom. The van der Waals surface area contributed by atoms with Crippen molar-refractivity contribution < 1.29 is 0 Å². The van der Waals surface area contributed by atoms with Crippen LogP contribution in [0.25, 0.3) is 0 Å². The van der Waals surface area contributed by atoms with Crippen LogP contribution in [0.4, 0.5) is 0 Å². The van der Waals surface area contributed by atoms with Crippen LogP contribution in [0.2, 0.25) is 0 Å². The molecule has 0 bridgehead atoms. The first-order valence-electron chi connectivity index (χ1n) is 1.50. The summed E-state index contributed by atoms with van der Waals surface area (Å²) in [6.45, 7) is 18.0. The fourth-order valence-electron chi connectivity index (χ4n) is 0. The van der Waals surface area contributed by atoms with Gasteiger partial charge in [-0.3, -0.25) is 0 Å². The van der Waals surface area contributed by atoms with Gasteiger partial charge in [-0.1, -0.05) is 0 Å². The first-order chi connectivity index (χ1) is 3.00. The van der Waals surface area contributed by atoms with Crippen molar-refractivity contribution in [2.75, 3.05) is 0 Å². The maximum absolute atomic E-state index is 3.00. The van der Waals surface area contributed by atoms with Crippen LogP contribution in [0.1, 0.15) is 0 Å². The molecule has 1 heteroatoms. The Labute approximate surface area is 65.4 Å². The van der Waals surface area contributed by atoms with Crippen LogP contribution in [0.5, 0.6) is 0 Å². The van der Waals surface area contributed by atoms with E-state index >= 15 is 0 Å². The minimum atomic E-state index is 0. The molecule has 0 spiro atoms. The van der Waals surface area contributed by atoms with Crippen LogP contribution in [-0.4, -0.2) is 25.8 Å². The molecule has 0 amide bonds. The van der Waals surface area contributed by atoms with Gasteiger partial charge in [0.25, 0.3) is 0 Å². The molecule has 42 valence electrons. The van der Waals surface area contributed by atoms with Gasteiger partial charge >= 0.3 is 25.8 Å². The molecule has 0 saturated carbocycles. The first-order valence-corrected chi connectivity index (χ1v) is 1.50. The second-order valence-corrected chi connectivity index (χ2v) is 0. The zero-order chi connectivity index (χ0) is 6.00. The summed E-state index contributed by atoms with van der Waals surface area (Å²) in [6, 6.07) is 0. The molecule has 0 aromatic carbocycles. The average molecular weight is 202 g/mol. The second kappa shape index (κ2) is 19400. The summed E-state index contributed by atoms with van der Waals surface area (Å²) in [4.78, 5) is 0. The van der Waals surface area contributed by atoms with Crippen LogP contribution in [0.3, 0.4) is 0 Å². The van der Waals surface area contributed by atoms with E-state index in [1.54, 1.807) is 0 Å². The summed E-state index contributed by atoms with van der Waals surface area (Å²) >= 11 is 0. The van der Waals surface area contributed by atoms with Gasteiger partial charge in [-0.2, -0.15) is 0 Å². The van der Waals surface area contributed by atoms with Gasteiger partial charge in [0.1, 0.15) is 0 Å². The maximum atomic E-state index is 3.00. The fraction of sp³-hybridized carbons (Fsp3) is 0. The zero-order valence-corrected chi connectivity index (χ0v) is 4.24. The van der Waals surface area contributed by atoms with Crippen molar-refractivity contribution in [1.29, 1.82) is 0 Å². The van der Waals surface area contributed by atoms with E-state index < -0.39 is 0 Å². The molecule has 0 aromatic rings. The van der Waals surface area contributed by atoms with Crippen LogP contribution in [0, 0.1) is 0 Å². The van der Waals surface area contributed by atoms with E-state index in [1.165, 1.54) is 0 Å². The van der Waals surface area contributed by atoms with Crippen molar-refractivity contribution in [1.82, 2.24) is 0 Å². The van der Waals surface area contributed by atoms with Crippen molar-refractivity contribution in [3.8, 4) is 0 Å². The van der Waals surface area contributed by atoms with Gasteiger partial charge < -0.3 is 0 Å². The molecule has 0 atom stereocenters. The van der Waals surface area contributed by atoms with Crippen LogP contribution < -0.4 is 0 Å². The summed E-state index contributed by atoms with van der Waals surface area (Å²) in [5.74, 6) is 0. The summed E-state index contributed by atoms with van der Waals surface area (Å²) < 4.78 is 0. The van der Waals surface area contributed by atoms with Crippen LogP contribution in [-0.2, 0) is 0 Å². The fourth-order valence-corrected chi connectivity index (χ4v) is 0. The summed E-state index contributed by atoms with van der Waals surface area (Å²) in [5.41, 5.74) is 0. The predicted molar refractivity (Wildman–Crippen MR) is 43.7 cm³/mol. The predicted octanol–water partition coefficient (Wildman–Crippen LogP) is 1.22. The average Bonchev–Trinajstić information content (AvgIpc) is 1.81. The van der Waals surface area contributed by atoms with E-state index in [0.717, 1.165) is 0 Å². The normalized spacial score (nSPS) is 1.71. The minimum absolute atomic E-state index is 0. The Morgan fingerprint density at radius 3 is 0.429 bits per heavy atom. The Morgan fingerprint density at radius 2 is 0.429 bits per heavy atom. The van der Waals surface area contributed by atoms with E-state index in [9.17, 15) is 0 Å². The SMILES string of the molecule is C=C.C=C.C=C.[InH3]. The molecule has 0 nitrogen and oxygen atoms in total. The molecule has 0 rings (SSSR count). The molecule has 0 aromatic heterocycles. The van der Waals surface area contributed by atoms with Gasteiger partial charge in [0.05, 0.1) is 0 Å². The van der Waals surface area contributed by atoms with Gasteiger partial charge in [-0.15, -0.1) is 39.5 Å². The Kier molecular flexibility index (Phi) is 76400. The Bertz CT molecular complexity index is 8.90. The van der Waals surface area contributed by atoms with Crippen molar-refractivity contribution in [3.05, 3.63) is 39.5 Å². The molecule has 7 heavy (non-hydrogen) atoms. The van der Waals surface area contributed by atoms with Crippen LogP contribution >= 0.6 is 0 Å². The van der Waals surface area contributed by atoms with E-state index in [2.05, 4.69) is 39.5 Å². The quantitative estimate of drug-likeness (QED) is 0.518. The van der Waals surface area contributed by atoms with Gasteiger partial charge in [0, 0.05) is 0 Å². The molecule has 0 radical (unpaired) electrons. The Hall–Kier alpha value is 0.0901. The van der Waals surface area contributed by atoms with Gasteiger partial charge in [-0.05, 0) is 0 Å². The van der Waals surface area contributed by atoms with E-state index in [0.29, 0.717) is 0 Å². The number of rotatable bonds is 0. The Balaban J connectivity index is -0.00000000900. The van der Waals surface area contributed by atoms with Crippen molar-refractivity contribution >= 4 is 25.8 Å². The zero-order valence-electron chi connectivity index (χ0n) is 4.24. The van der Waals surface area contributed by atoms with Crippen molar-refractivity contribution in [2.24, 2.45) is 0 Å². The van der Waals surface area contributed by atoms with E-state index in [4.69, 9.17) is 0 Å². The molecule has 0 N–H and O–H groups in total. The van der Waals surface area contributed by atoms with E-state index in [-0.39, 0.29) is 25.8 Å². The third-order valence-corrected chi connectivity index (χ3v) is 0. The molecule has 0 aliphatic carbocycles. The van der Waals surface area contributed by atoms with Crippen molar-refractivity contribution in [3.63, 3.8) is 0 Å². The van der Waals surface area contributed by atoms with Crippen LogP contribution in [0.15, 0.2) is 39.5 Å². The first kappa shape index (κ1) is 27.5. The molecular weight excluding hydrogens is 187 g/mol. The third-order valence-electron chi connectivity index (χ3n) is 0. The second-order valence-electron chi connectivity index (χ2n) is 0. The monoisotopic (exact) mass is 202 g/mol. The summed E-state index contributed by atoms with van der Waals surface area (Å²) in [6.07, 6.45) is 0. The molecule has 0 aliphatic heterocycles. The molecule has 0 unspecified atom stereocenters. The standard InChI is InChI=1S/3C2H4.In.3H/c3*1-2;;;;/h3*1-2H2;;;;. The molecule has 0 fully saturated rings. The molecule has 0 aliphatic rings.